The summed E-state index contributed by atoms with van der Waals surface area (Å²) < 4.78 is 0. The van der Waals surface area contributed by atoms with Crippen molar-refractivity contribution in [2.24, 2.45) is 5.73 Å². The zero-order chi connectivity index (χ0) is 7.14. The Morgan fingerprint density at radius 1 is 1.30 bits per heavy atom. The first-order valence-electron chi connectivity index (χ1n) is 3.95. The number of piperidine rings is 1. The summed E-state index contributed by atoms with van der Waals surface area (Å²) in [5.41, 5.74) is 5.77. The molecule has 2 bridgehead atoms. The lowest BCUT2D eigenvalue weighted by Crippen LogP contribution is -2.45. The van der Waals surface area contributed by atoms with E-state index < -0.39 is 0 Å². The molecule has 2 heterocycles. The van der Waals surface area contributed by atoms with Crippen molar-refractivity contribution in [2.45, 2.75) is 43.5 Å². The van der Waals surface area contributed by atoms with Crippen molar-refractivity contribution >= 4 is 0 Å². The smallest absolute Gasteiger partial charge is 0.0708 e. The van der Waals surface area contributed by atoms with Gasteiger partial charge in [0.1, 0.15) is 0 Å². The first kappa shape index (κ1) is 6.58. The van der Waals surface area contributed by atoms with Crippen LogP contribution in [-0.4, -0.2) is 29.3 Å². The summed E-state index contributed by atoms with van der Waals surface area (Å²) in [6, 6.07) is 1.09. The van der Waals surface area contributed by atoms with Gasteiger partial charge in [0.15, 0.2) is 0 Å². The molecule has 58 valence electrons. The van der Waals surface area contributed by atoms with Gasteiger partial charge in [-0.2, -0.15) is 0 Å². The molecule has 2 fully saturated rings. The first-order chi connectivity index (χ1) is 4.75. The largest absolute Gasteiger partial charge is 0.391 e. The Hall–Kier alpha value is -0.120. The van der Waals surface area contributed by atoms with Gasteiger partial charge in [0.05, 0.1) is 6.10 Å². The summed E-state index contributed by atoms with van der Waals surface area (Å²) in [5.74, 6) is 0. The van der Waals surface area contributed by atoms with Crippen LogP contribution in [0.25, 0.3) is 0 Å². The zero-order valence-electron chi connectivity index (χ0n) is 5.96. The Labute approximate surface area is 60.6 Å². The summed E-state index contributed by atoms with van der Waals surface area (Å²) in [7, 11) is 0. The van der Waals surface area contributed by atoms with Crippen LogP contribution in [0, 0.1) is 0 Å². The first-order valence-corrected chi connectivity index (χ1v) is 3.95. The van der Waals surface area contributed by atoms with E-state index in [-0.39, 0.29) is 12.1 Å². The van der Waals surface area contributed by atoms with Crippen molar-refractivity contribution < 1.29 is 5.11 Å². The van der Waals surface area contributed by atoms with Crippen LogP contribution in [0.2, 0.25) is 0 Å². The normalized spacial score (nSPS) is 53.4. The van der Waals surface area contributed by atoms with Crippen molar-refractivity contribution in [1.82, 2.24) is 5.32 Å². The van der Waals surface area contributed by atoms with Gasteiger partial charge in [0.25, 0.3) is 0 Å². The van der Waals surface area contributed by atoms with Gasteiger partial charge >= 0.3 is 0 Å². The van der Waals surface area contributed by atoms with Crippen LogP contribution >= 0.6 is 0 Å². The summed E-state index contributed by atoms with van der Waals surface area (Å²) in [4.78, 5) is 0. The highest BCUT2D eigenvalue weighted by Gasteiger charge is 2.38. The van der Waals surface area contributed by atoms with Crippen LogP contribution in [0.3, 0.4) is 0 Å². The van der Waals surface area contributed by atoms with E-state index >= 15 is 0 Å². The molecule has 0 radical (unpaired) electrons. The minimum absolute atomic E-state index is 0.140. The van der Waals surface area contributed by atoms with E-state index in [1.807, 2.05) is 0 Å². The van der Waals surface area contributed by atoms with Crippen molar-refractivity contribution in [3.8, 4) is 0 Å². The van der Waals surface area contributed by atoms with Crippen LogP contribution in [0.1, 0.15) is 19.3 Å². The van der Waals surface area contributed by atoms with Crippen molar-refractivity contribution in [1.29, 1.82) is 0 Å². The monoisotopic (exact) mass is 142 g/mol. The lowest BCUT2D eigenvalue weighted by Gasteiger charge is -2.26. The van der Waals surface area contributed by atoms with E-state index in [1.54, 1.807) is 0 Å². The molecule has 0 aromatic carbocycles. The Kier molecular flexibility index (Phi) is 1.44. The number of aliphatic hydroxyl groups excluding tert-OH is 1. The molecule has 2 aliphatic heterocycles. The molecule has 0 aromatic heterocycles. The minimum atomic E-state index is -0.140. The lowest BCUT2D eigenvalue weighted by molar-refractivity contribution is 0.154. The molecule has 2 saturated heterocycles. The second-order valence-corrected chi connectivity index (χ2v) is 3.50. The number of fused-ring (bicyclic) bond motifs is 2. The second kappa shape index (κ2) is 2.19. The maximum atomic E-state index is 9.40. The predicted molar refractivity (Wildman–Crippen MR) is 38.5 cm³/mol. The molecular formula is C7H14N2O. The molecule has 2 rings (SSSR count). The fourth-order valence-corrected chi connectivity index (χ4v) is 2.11. The SMILES string of the molecule is NC1CC2CC(O)C(C1)N2. The summed E-state index contributed by atoms with van der Waals surface area (Å²) in [5, 5.41) is 12.7. The van der Waals surface area contributed by atoms with E-state index in [9.17, 15) is 5.11 Å². The topological polar surface area (TPSA) is 58.3 Å². The van der Waals surface area contributed by atoms with Crippen LogP contribution in [0.5, 0.6) is 0 Å². The third-order valence-electron chi connectivity index (χ3n) is 2.58. The fraction of sp³-hybridized carbons (Fsp3) is 1.00. The van der Waals surface area contributed by atoms with Crippen molar-refractivity contribution in [2.75, 3.05) is 0 Å². The quantitative estimate of drug-likeness (QED) is 0.415. The molecule has 0 saturated carbocycles. The molecule has 0 spiro atoms. The van der Waals surface area contributed by atoms with E-state index in [4.69, 9.17) is 5.73 Å². The van der Waals surface area contributed by atoms with Crippen molar-refractivity contribution in [3.63, 3.8) is 0 Å². The van der Waals surface area contributed by atoms with Gasteiger partial charge in [0, 0.05) is 18.1 Å². The van der Waals surface area contributed by atoms with E-state index in [2.05, 4.69) is 5.32 Å². The molecule has 10 heavy (non-hydrogen) atoms. The van der Waals surface area contributed by atoms with Crippen LogP contribution in [0.4, 0.5) is 0 Å². The van der Waals surface area contributed by atoms with E-state index in [1.165, 1.54) is 0 Å². The Morgan fingerprint density at radius 3 is 2.80 bits per heavy atom. The summed E-state index contributed by atoms with van der Waals surface area (Å²) in [6.45, 7) is 0. The second-order valence-electron chi connectivity index (χ2n) is 3.50. The van der Waals surface area contributed by atoms with E-state index in [0.29, 0.717) is 12.1 Å². The Morgan fingerprint density at radius 2 is 2.10 bits per heavy atom. The van der Waals surface area contributed by atoms with Gasteiger partial charge in [-0.25, -0.2) is 0 Å². The van der Waals surface area contributed by atoms with Crippen molar-refractivity contribution in [3.05, 3.63) is 0 Å². The molecule has 4 N–H and O–H groups in total. The molecule has 0 aromatic rings. The number of nitrogens with one attached hydrogen (secondary N) is 1. The summed E-state index contributed by atoms with van der Waals surface area (Å²) >= 11 is 0. The average molecular weight is 142 g/mol. The van der Waals surface area contributed by atoms with Gasteiger partial charge in [-0.05, 0) is 19.3 Å². The standard InChI is InChI=1S/C7H14N2O/c8-4-1-5-3-7(10)6(2-4)9-5/h4-7,9-10H,1-3,8H2. The number of nitrogens with two attached hydrogens (primary N) is 1. The lowest BCUT2D eigenvalue weighted by atomic mass is 10.0. The maximum Gasteiger partial charge on any atom is 0.0708 e. The van der Waals surface area contributed by atoms with Gasteiger partial charge in [0.2, 0.25) is 0 Å². The maximum absolute atomic E-state index is 9.40. The molecular weight excluding hydrogens is 128 g/mol. The molecule has 4 unspecified atom stereocenters. The number of aliphatic hydroxyl groups is 1. The molecule has 2 aliphatic rings. The zero-order valence-corrected chi connectivity index (χ0v) is 5.96. The highest BCUT2D eigenvalue weighted by molar-refractivity contribution is 4.98. The predicted octanol–water partition coefficient (Wildman–Crippen LogP) is -0.801. The number of rotatable bonds is 0. The van der Waals surface area contributed by atoms with Crippen LogP contribution < -0.4 is 11.1 Å². The average Bonchev–Trinajstić information content (AvgIpc) is 2.07. The van der Waals surface area contributed by atoms with Crippen LogP contribution in [0.15, 0.2) is 0 Å². The van der Waals surface area contributed by atoms with Gasteiger partial charge in [-0.1, -0.05) is 0 Å². The minimum Gasteiger partial charge on any atom is -0.391 e. The molecule has 0 amide bonds. The third-order valence-corrected chi connectivity index (χ3v) is 2.58. The van der Waals surface area contributed by atoms with Gasteiger partial charge < -0.3 is 16.2 Å². The summed E-state index contributed by atoms with van der Waals surface area (Å²) in [6.07, 6.45) is 2.74. The van der Waals surface area contributed by atoms with Gasteiger partial charge in [-0.3, -0.25) is 0 Å². The number of hydrogen-bond donors (Lipinski definition) is 3. The molecule has 0 aliphatic carbocycles. The third kappa shape index (κ3) is 0.944. The highest BCUT2D eigenvalue weighted by Crippen LogP contribution is 2.25. The molecule has 4 atom stereocenters. The molecule has 3 heteroatoms. The Balaban J connectivity index is 2.06. The Bertz CT molecular complexity index is 135. The number of hydrogen-bond acceptors (Lipinski definition) is 3. The highest BCUT2D eigenvalue weighted by atomic mass is 16.3. The van der Waals surface area contributed by atoms with Crippen LogP contribution in [-0.2, 0) is 0 Å². The molecule has 3 nitrogen and oxygen atoms in total. The van der Waals surface area contributed by atoms with Gasteiger partial charge in [-0.15, -0.1) is 0 Å². The fourth-order valence-electron chi connectivity index (χ4n) is 2.11. The van der Waals surface area contributed by atoms with E-state index in [0.717, 1.165) is 19.3 Å².